The zero-order valence-corrected chi connectivity index (χ0v) is 14.4. The first-order valence-corrected chi connectivity index (χ1v) is 8.42. The average molecular weight is 321 g/mol. The first-order chi connectivity index (χ1) is 11.6. The van der Waals surface area contributed by atoms with Crippen LogP contribution in [0.25, 0.3) is 11.0 Å². The van der Waals surface area contributed by atoms with Crippen LogP contribution in [0.4, 0.5) is 5.69 Å². The van der Waals surface area contributed by atoms with Crippen LogP contribution in [0.1, 0.15) is 32.5 Å². The molecule has 0 atom stereocenters. The van der Waals surface area contributed by atoms with E-state index in [1.165, 1.54) is 0 Å². The molecule has 3 rings (SSSR count). The van der Waals surface area contributed by atoms with Gasteiger partial charge in [0.15, 0.2) is 0 Å². The molecular weight excluding hydrogens is 298 g/mol. The molecule has 0 radical (unpaired) electrons. The van der Waals surface area contributed by atoms with Gasteiger partial charge in [0.2, 0.25) is 5.91 Å². The van der Waals surface area contributed by atoms with Crippen molar-refractivity contribution in [2.75, 3.05) is 11.4 Å². The second-order valence-corrected chi connectivity index (χ2v) is 6.17. The minimum Gasteiger partial charge on any atom is -0.318 e. The lowest BCUT2D eigenvalue weighted by Crippen LogP contribution is -2.34. The fraction of sp³-hybridized carbons (Fsp3) is 0.300. The molecular formula is C20H23N3O. The zero-order chi connectivity index (χ0) is 17.1. The minimum atomic E-state index is 0.0775. The van der Waals surface area contributed by atoms with E-state index in [-0.39, 0.29) is 11.8 Å². The van der Waals surface area contributed by atoms with Crippen molar-refractivity contribution in [2.45, 2.75) is 33.2 Å². The first kappa shape index (κ1) is 16.2. The zero-order valence-electron chi connectivity index (χ0n) is 14.4. The highest BCUT2D eigenvalue weighted by Gasteiger charge is 2.19. The van der Waals surface area contributed by atoms with Crippen LogP contribution in [0, 0.1) is 0 Å². The summed E-state index contributed by atoms with van der Waals surface area (Å²) in [6.45, 7) is 7.16. The van der Waals surface area contributed by atoms with E-state index in [1.807, 2.05) is 71.0 Å². The Hall–Kier alpha value is -2.62. The summed E-state index contributed by atoms with van der Waals surface area (Å²) in [6.07, 6.45) is 0. The molecule has 1 heterocycles. The van der Waals surface area contributed by atoms with Gasteiger partial charge in [-0.2, -0.15) is 0 Å². The van der Waals surface area contributed by atoms with Crippen LogP contribution in [0.15, 0.2) is 54.6 Å². The molecule has 0 aliphatic rings. The van der Waals surface area contributed by atoms with E-state index >= 15 is 0 Å². The Kier molecular flexibility index (Phi) is 4.65. The maximum absolute atomic E-state index is 12.9. The molecule has 4 nitrogen and oxygen atoms in total. The maximum Gasteiger partial charge on any atom is 0.246 e. The summed E-state index contributed by atoms with van der Waals surface area (Å²) in [4.78, 5) is 19.5. The van der Waals surface area contributed by atoms with Crippen molar-refractivity contribution in [3.8, 4) is 0 Å². The van der Waals surface area contributed by atoms with Crippen LogP contribution in [0.2, 0.25) is 0 Å². The van der Waals surface area contributed by atoms with E-state index in [0.29, 0.717) is 13.1 Å². The number of carbonyl (C=O) groups is 1. The summed E-state index contributed by atoms with van der Waals surface area (Å²) in [5, 5.41) is 0. The summed E-state index contributed by atoms with van der Waals surface area (Å²) in [5.41, 5.74) is 2.89. The third-order valence-electron chi connectivity index (χ3n) is 4.18. The third kappa shape index (κ3) is 3.04. The number of aromatic nitrogens is 2. The fourth-order valence-electron chi connectivity index (χ4n) is 3.03. The van der Waals surface area contributed by atoms with Gasteiger partial charge in [0.25, 0.3) is 0 Å². The Labute approximate surface area is 142 Å². The molecule has 0 saturated carbocycles. The lowest BCUT2D eigenvalue weighted by molar-refractivity contribution is -0.119. The molecule has 1 aromatic heterocycles. The third-order valence-corrected chi connectivity index (χ3v) is 4.18. The normalized spacial score (nSPS) is 11.2. The number of hydrogen-bond acceptors (Lipinski definition) is 2. The van der Waals surface area contributed by atoms with Crippen LogP contribution in [-0.4, -0.2) is 22.0 Å². The van der Waals surface area contributed by atoms with Crippen molar-refractivity contribution in [1.29, 1.82) is 0 Å². The van der Waals surface area contributed by atoms with Crippen molar-refractivity contribution < 1.29 is 4.79 Å². The molecule has 24 heavy (non-hydrogen) atoms. The topological polar surface area (TPSA) is 38.1 Å². The number of carbonyl (C=O) groups excluding carboxylic acids is 1. The van der Waals surface area contributed by atoms with Crippen LogP contribution < -0.4 is 4.90 Å². The highest BCUT2D eigenvalue weighted by Crippen LogP contribution is 2.22. The molecule has 0 aliphatic carbocycles. The van der Waals surface area contributed by atoms with E-state index in [2.05, 4.69) is 13.8 Å². The molecule has 1 amide bonds. The molecule has 0 saturated heterocycles. The highest BCUT2D eigenvalue weighted by molar-refractivity contribution is 5.94. The summed E-state index contributed by atoms with van der Waals surface area (Å²) in [7, 11) is 0. The van der Waals surface area contributed by atoms with E-state index in [4.69, 9.17) is 4.98 Å². The Balaban J connectivity index is 1.96. The molecule has 0 unspecified atom stereocenters. The lowest BCUT2D eigenvalue weighted by Gasteiger charge is -2.22. The number of imidazole rings is 1. The van der Waals surface area contributed by atoms with Gasteiger partial charge in [-0.05, 0) is 31.2 Å². The minimum absolute atomic E-state index is 0.0775. The van der Waals surface area contributed by atoms with Gasteiger partial charge in [-0.1, -0.05) is 44.2 Å². The summed E-state index contributed by atoms with van der Waals surface area (Å²) in [6, 6.07) is 17.8. The molecule has 0 spiro atoms. The molecule has 0 bridgehead atoms. The van der Waals surface area contributed by atoms with Crippen molar-refractivity contribution in [3.63, 3.8) is 0 Å². The predicted molar refractivity (Wildman–Crippen MR) is 98.3 cm³/mol. The quantitative estimate of drug-likeness (QED) is 0.706. The van der Waals surface area contributed by atoms with Crippen molar-refractivity contribution >= 4 is 22.6 Å². The van der Waals surface area contributed by atoms with E-state index in [0.717, 1.165) is 22.5 Å². The van der Waals surface area contributed by atoms with Crippen LogP contribution in [-0.2, 0) is 11.3 Å². The highest BCUT2D eigenvalue weighted by atomic mass is 16.2. The van der Waals surface area contributed by atoms with Gasteiger partial charge in [-0.3, -0.25) is 4.79 Å². The number of para-hydroxylation sites is 3. The lowest BCUT2D eigenvalue weighted by atomic mass is 10.2. The standard InChI is InChI=1S/C20H23N3O/c1-4-22(16-10-6-5-7-11-16)19(24)14-23-18-13-9-8-12-17(18)21-20(23)15(2)3/h5-13,15H,4,14H2,1-3H3. The van der Waals surface area contributed by atoms with Crippen LogP contribution >= 0.6 is 0 Å². The molecule has 124 valence electrons. The van der Waals surface area contributed by atoms with E-state index in [9.17, 15) is 4.79 Å². The Morgan fingerprint density at radius 3 is 2.42 bits per heavy atom. The number of likely N-dealkylation sites (N-methyl/N-ethyl adjacent to an activating group) is 1. The van der Waals surface area contributed by atoms with Gasteiger partial charge in [0.1, 0.15) is 12.4 Å². The molecule has 3 aromatic rings. The van der Waals surface area contributed by atoms with Gasteiger partial charge in [-0.25, -0.2) is 4.98 Å². The Morgan fingerprint density at radius 2 is 1.75 bits per heavy atom. The number of benzene rings is 2. The molecule has 2 aromatic carbocycles. The number of amides is 1. The van der Waals surface area contributed by atoms with Crippen LogP contribution in [0.5, 0.6) is 0 Å². The van der Waals surface area contributed by atoms with Crippen LogP contribution in [0.3, 0.4) is 0 Å². The monoisotopic (exact) mass is 321 g/mol. The number of nitrogens with zero attached hydrogens (tertiary/aromatic N) is 3. The molecule has 0 fully saturated rings. The number of hydrogen-bond donors (Lipinski definition) is 0. The maximum atomic E-state index is 12.9. The second kappa shape index (κ2) is 6.87. The molecule has 4 heteroatoms. The Bertz CT molecular complexity index is 836. The molecule has 0 N–H and O–H groups in total. The van der Waals surface area contributed by atoms with Gasteiger partial charge in [0, 0.05) is 18.2 Å². The first-order valence-electron chi connectivity index (χ1n) is 8.42. The molecule has 0 aliphatic heterocycles. The van der Waals surface area contributed by atoms with Crippen molar-refractivity contribution in [1.82, 2.24) is 9.55 Å². The van der Waals surface area contributed by atoms with Crippen molar-refractivity contribution in [2.24, 2.45) is 0 Å². The van der Waals surface area contributed by atoms with Crippen molar-refractivity contribution in [3.05, 3.63) is 60.4 Å². The smallest absolute Gasteiger partial charge is 0.246 e. The summed E-state index contributed by atoms with van der Waals surface area (Å²) >= 11 is 0. The number of rotatable bonds is 5. The van der Waals surface area contributed by atoms with E-state index in [1.54, 1.807) is 0 Å². The fourth-order valence-corrected chi connectivity index (χ4v) is 3.03. The van der Waals surface area contributed by atoms with Gasteiger partial charge in [-0.15, -0.1) is 0 Å². The van der Waals surface area contributed by atoms with Gasteiger partial charge < -0.3 is 9.47 Å². The average Bonchev–Trinajstić information content (AvgIpc) is 2.95. The Morgan fingerprint density at radius 1 is 1.08 bits per heavy atom. The number of anilines is 1. The SMILES string of the molecule is CCN(C(=O)Cn1c(C(C)C)nc2ccccc21)c1ccccc1. The van der Waals surface area contributed by atoms with E-state index < -0.39 is 0 Å². The largest absolute Gasteiger partial charge is 0.318 e. The van der Waals surface area contributed by atoms with Gasteiger partial charge in [0.05, 0.1) is 11.0 Å². The predicted octanol–water partition coefficient (Wildman–Crippen LogP) is 4.21. The summed E-state index contributed by atoms with van der Waals surface area (Å²) < 4.78 is 2.05. The second-order valence-electron chi connectivity index (χ2n) is 6.17. The number of fused-ring (bicyclic) bond motifs is 1. The summed E-state index contributed by atoms with van der Waals surface area (Å²) in [5.74, 6) is 1.29. The van der Waals surface area contributed by atoms with Gasteiger partial charge >= 0.3 is 0 Å².